The van der Waals surface area contributed by atoms with E-state index in [1.165, 1.54) is 0 Å². The number of aryl methyl sites for hydroxylation is 3. The summed E-state index contributed by atoms with van der Waals surface area (Å²) < 4.78 is 10.6. The molecule has 0 aromatic carbocycles. The number of hydrogen-bond donors (Lipinski definition) is 5. The highest BCUT2D eigenvalue weighted by molar-refractivity contribution is 6.33. The van der Waals surface area contributed by atoms with Gasteiger partial charge in [0.25, 0.3) is 0 Å². The predicted octanol–water partition coefficient (Wildman–Crippen LogP) is 6.69. The minimum atomic E-state index is -0.546. The number of nitrogens with one attached hydrogen (secondary N) is 5. The van der Waals surface area contributed by atoms with Crippen LogP contribution in [0.4, 0.5) is 57.2 Å². The minimum Gasteiger partial charge on any atom is -0.444 e. The van der Waals surface area contributed by atoms with Crippen LogP contribution in [0.25, 0.3) is 0 Å². The molecule has 8 saturated heterocycles. The lowest BCUT2D eigenvalue weighted by Crippen LogP contribution is -2.57. The zero-order valence-corrected chi connectivity index (χ0v) is 56.2. The summed E-state index contributed by atoms with van der Waals surface area (Å²) in [5, 5.41) is 30.3. The van der Waals surface area contributed by atoms with Gasteiger partial charge in [-0.05, 0) is 20.8 Å². The summed E-state index contributed by atoms with van der Waals surface area (Å²) in [6.07, 6.45) is 15.3. The van der Waals surface area contributed by atoms with Crippen molar-refractivity contribution in [1.82, 2.24) is 84.6 Å². The van der Waals surface area contributed by atoms with Gasteiger partial charge in [-0.3, -0.25) is 23.6 Å². The van der Waals surface area contributed by atoms with Crippen LogP contribution in [0.3, 0.4) is 0 Å². The maximum Gasteiger partial charge on any atom is 0.410 e. The lowest BCUT2D eigenvalue weighted by atomic mass is 9.71. The second-order valence-corrected chi connectivity index (χ2v) is 30.3. The largest absolute Gasteiger partial charge is 0.444 e. The summed E-state index contributed by atoms with van der Waals surface area (Å²) in [5.74, 6) is 4.08. The fourth-order valence-electron chi connectivity index (χ4n) is 14.4. The van der Waals surface area contributed by atoms with Crippen LogP contribution >= 0.6 is 34.8 Å². The molecule has 8 fully saturated rings. The first-order valence-electron chi connectivity index (χ1n) is 31.0. The number of aromatic nitrogens is 12. The first kappa shape index (κ1) is 63.8. The van der Waals surface area contributed by atoms with Gasteiger partial charge in [0.15, 0.2) is 17.5 Å². The Bertz CT molecular complexity index is 3680. The number of nitrogens with zero attached hydrogens (tertiary/aromatic N) is 18. The van der Waals surface area contributed by atoms with Gasteiger partial charge in [0.05, 0.1) is 66.1 Å². The normalized spacial score (nSPS) is 27.5. The summed E-state index contributed by atoms with van der Waals surface area (Å²) in [4.78, 5) is 77.7. The second kappa shape index (κ2) is 23.7. The van der Waals surface area contributed by atoms with Crippen molar-refractivity contribution in [1.29, 1.82) is 0 Å². The molecule has 0 spiro atoms. The number of amides is 3. The van der Waals surface area contributed by atoms with Gasteiger partial charge in [-0.15, -0.1) is 0 Å². The molecule has 0 bridgehead atoms. The molecule has 8 aliphatic heterocycles. The van der Waals surface area contributed by atoms with Gasteiger partial charge in [-0.25, -0.2) is 19.7 Å². The molecule has 27 nitrogen and oxygen atoms in total. The van der Waals surface area contributed by atoms with Gasteiger partial charge in [-0.2, -0.15) is 30.2 Å². The zero-order valence-electron chi connectivity index (χ0n) is 54.0. The standard InChI is InChI=1S/C25H35ClN8O3.C20H27ClN8O.C16H22ClN7/c1-23(2,3)37-22(36)32-9-16(10-32)20(35)34-14-24(4)12-33(13-25(24,5)15-34)19-18(26)8-27-21(30-19)29-17-7-28-31(6)11-17;1-19-9-28(10-20(19,2)12-29(11-19)17(30)13-4-22-5-13)16-15(21)7-23-18(26-16)25-14-6-24-27(3)8-14;1-15-7-18-8-16(15,2)10-24(9-15)13-12(17)5-19-14(22-13)21-11-4-20-23(3)6-11/h7-8,11,16H,9-10,12-15H2,1-6H3,(H,27,29,30);6-8,13,22H,4-5,9-12H2,1-3H3,(H,23,25,26);4-6,18H,7-10H2,1-3H3,(H,19,21,22)/t24-,25+;19-,20+;15-,16+. The van der Waals surface area contributed by atoms with Crippen molar-refractivity contribution in [2.75, 3.05) is 135 Å². The molecular formula is C61H84Cl3N23O4. The van der Waals surface area contributed by atoms with Crippen LogP contribution in [-0.2, 0) is 35.5 Å². The van der Waals surface area contributed by atoms with Crippen LogP contribution in [-0.4, -0.2) is 202 Å². The van der Waals surface area contributed by atoms with Crippen molar-refractivity contribution in [2.24, 2.45) is 65.5 Å². The Morgan fingerprint density at radius 2 is 0.813 bits per heavy atom. The third kappa shape index (κ3) is 12.6. The smallest absolute Gasteiger partial charge is 0.410 e. The van der Waals surface area contributed by atoms with Crippen molar-refractivity contribution < 1.29 is 19.1 Å². The van der Waals surface area contributed by atoms with E-state index < -0.39 is 5.60 Å². The Hall–Kier alpha value is -7.33. The van der Waals surface area contributed by atoms with Crippen molar-refractivity contribution >= 4 is 105 Å². The molecule has 6 aromatic rings. The zero-order chi connectivity index (χ0) is 64.8. The van der Waals surface area contributed by atoms with Crippen LogP contribution in [0.1, 0.15) is 62.3 Å². The monoisotopic (exact) mass is 1310 g/mol. The van der Waals surface area contributed by atoms with Crippen molar-refractivity contribution in [3.05, 3.63) is 70.8 Å². The minimum absolute atomic E-state index is 0.00887. The Labute approximate surface area is 545 Å². The number of carbonyl (C=O) groups is 3. The molecule has 0 saturated carbocycles. The molecule has 6 aromatic heterocycles. The molecule has 8 aliphatic rings. The fraction of sp³-hybridized carbons (Fsp3) is 0.607. The third-order valence-electron chi connectivity index (χ3n) is 20.4. The van der Waals surface area contributed by atoms with Crippen LogP contribution in [0.5, 0.6) is 0 Å². The topological polar surface area (TPSA) is 271 Å². The number of carbonyl (C=O) groups excluding carboxylic acids is 3. The van der Waals surface area contributed by atoms with Gasteiger partial charge < -0.3 is 60.7 Å². The number of rotatable bonds is 11. The second-order valence-electron chi connectivity index (χ2n) is 29.0. The van der Waals surface area contributed by atoms with Crippen LogP contribution in [0.15, 0.2) is 55.8 Å². The number of fused-ring (bicyclic) bond motifs is 3. The molecule has 6 atom stereocenters. The van der Waals surface area contributed by atoms with Gasteiger partial charge >= 0.3 is 6.09 Å². The molecule has 0 aliphatic carbocycles. The van der Waals surface area contributed by atoms with E-state index in [0.29, 0.717) is 70.8 Å². The first-order chi connectivity index (χ1) is 42.9. The van der Waals surface area contributed by atoms with E-state index in [1.54, 1.807) is 56.1 Å². The predicted molar refractivity (Wildman–Crippen MR) is 350 cm³/mol. The van der Waals surface area contributed by atoms with Gasteiger partial charge in [0, 0.05) is 177 Å². The lowest BCUT2D eigenvalue weighted by molar-refractivity contribution is -0.140. The lowest BCUT2D eigenvalue weighted by Gasteiger charge is -2.40. The van der Waals surface area contributed by atoms with Crippen LogP contribution < -0.4 is 41.3 Å². The molecule has 0 radical (unpaired) electrons. The van der Waals surface area contributed by atoms with E-state index in [9.17, 15) is 14.4 Å². The number of halogens is 3. The Kier molecular flexibility index (Phi) is 16.6. The fourth-order valence-corrected chi connectivity index (χ4v) is 15.0. The maximum atomic E-state index is 13.3. The quantitative estimate of drug-likeness (QED) is 0.0903. The van der Waals surface area contributed by atoms with Gasteiger partial charge in [-0.1, -0.05) is 76.3 Å². The number of likely N-dealkylation sites (tertiary alicyclic amines) is 3. The van der Waals surface area contributed by atoms with Gasteiger partial charge in [0.2, 0.25) is 29.7 Å². The van der Waals surface area contributed by atoms with Crippen molar-refractivity contribution in [3.8, 4) is 0 Å². The summed E-state index contributed by atoms with van der Waals surface area (Å²) in [7, 11) is 5.58. The number of hydrogen-bond acceptors (Lipinski definition) is 21. The molecule has 3 amide bonds. The number of anilines is 9. The SMILES string of the molecule is Cn1cc(Nc2ncc(Cl)c(N3C[C@]4(C)CN(C(=O)C5CN(C(=O)OC(C)(C)C)C5)C[C@]4(C)C3)n2)cn1.Cn1cc(Nc2ncc(Cl)c(N3C[C@]4(C)CN(C(=O)C5CNC5)C[C@]4(C)C3)n2)cn1.Cn1cc(Nc2ncc(Cl)c(N3C[C@]4(C)CNC[C@]4(C)C3)n2)cn1. The summed E-state index contributed by atoms with van der Waals surface area (Å²) in [6, 6.07) is 0. The van der Waals surface area contributed by atoms with E-state index in [1.807, 2.05) is 65.4 Å². The molecule has 14 rings (SSSR count). The molecule has 91 heavy (non-hydrogen) atoms. The van der Waals surface area contributed by atoms with E-state index in [-0.39, 0.29) is 56.3 Å². The highest BCUT2D eigenvalue weighted by atomic mass is 35.5. The summed E-state index contributed by atoms with van der Waals surface area (Å²) in [6.45, 7) is 31.6. The third-order valence-corrected chi connectivity index (χ3v) is 21.2. The van der Waals surface area contributed by atoms with E-state index in [0.717, 1.165) is 107 Å². The average Bonchev–Trinajstić information content (AvgIpc) is 1.58. The van der Waals surface area contributed by atoms with E-state index in [2.05, 4.69) is 123 Å². The summed E-state index contributed by atoms with van der Waals surface area (Å²) in [5.41, 5.74) is 2.13. The van der Waals surface area contributed by atoms with Crippen LogP contribution in [0.2, 0.25) is 15.1 Å². The van der Waals surface area contributed by atoms with E-state index >= 15 is 0 Å². The van der Waals surface area contributed by atoms with Gasteiger partial charge in [0.1, 0.15) is 20.7 Å². The molecule has 30 heteroatoms. The molecule has 5 N–H and O–H groups in total. The highest BCUT2D eigenvalue weighted by Gasteiger charge is 2.61. The molecule has 14 heterocycles. The van der Waals surface area contributed by atoms with Crippen LogP contribution in [0, 0.1) is 44.3 Å². The van der Waals surface area contributed by atoms with Crippen molar-refractivity contribution in [2.45, 2.75) is 67.9 Å². The molecule has 488 valence electrons. The average molecular weight is 1310 g/mol. The molecular weight excluding hydrogens is 1230 g/mol. The Morgan fingerprint density at radius 3 is 1.11 bits per heavy atom. The Balaban J connectivity index is 0.000000135. The number of ether oxygens (including phenoxy) is 1. The molecule has 0 unspecified atom stereocenters. The highest BCUT2D eigenvalue weighted by Crippen LogP contribution is 2.55. The van der Waals surface area contributed by atoms with E-state index in [4.69, 9.17) is 49.5 Å². The first-order valence-corrected chi connectivity index (χ1v) is 32.1. The summed E-state index contributed by atoms with van der Waals surface area (Å²) >= 11 is 19.4. The maximum absolute atomic E-state index is 13.3. The Morgan fingerprint density at radius 1 is 0.484 bits per heavy atom. The van der Waals surface area contributed by atoms with Crippen molar-refractivity contribution in [3.63, 3.8) is 0 Å².